The van der Waals surface area contributed by atoms with Crippen LogP contribution in [0.2, 0.25) is 0 Å². The molecule has 3 aromatic rings. The normalized spacial score (nSPS) is 10.7. The van der Waals surface area contributed by atoms with Crippen molar-refractivity contribution in [2.24, 2.45) is 0 Å². The molecule has 0 unspecified atom stereocenters. The Morgan fingerprint density at radius 1 is 1.25 bits per heavy atom. The van der Waals surface area contributed by atoms with Gasteiger partial charge in [0.15, 0.2) is 23.6 Å². The van der Waals surface area contributed by atoms with Crippen LogP contribution >= 0.6 is 11.3 Å². The van der Waals surface area contributed by atoms with Crippen molar-refractivity contribution >= 4 is 17.6 Å². The van der Waals surface area contributed by atoms with E-state index in [4.69, 9.17) is 0 Å². The molecule has 0 spiro atoms. The van der Waals surface area contributed by atoms with Gasteiger partial charge in [-0.15, -0.1) is 16.4 Å². The molecule has 0 aliphatic rings. The summed E-state index contributed by atoms with van der Waals surface area (Å²) in [5, 5.41) is 9.75. The second kappa shape index (κ2) is 4.89. The van der Waals surface area contributed by atoms with E-state index in [0.717, 1.165) is 12.1 Å². The fourth-order valence-corrected chi connectivity index (χ4v) is 2.33. The van der Waals surface area contributed by atoms with Crippen LogP contribution in [0.4, 0.5) is 8.78 Å². The molecule has 0 aliphatic heterocycles. The highest BCUT2D eigenvalue weighted by atomic mass is 32.1. The lowest BCUT2D eigenvalue weighted by molar-refractivity contribution is 0.111. The van der Waals surface area contributed by atoms with Crippen LogP contribution in [-0.4, -0.2) is 26.3 Å². The van der Waals surface area contributed by atoms with E-state index in [1.54, 1.807) is 11.6 Å². The monoisotopic (exact) mass is 292 g/mol. The standard InChI is InChI=1S/C12H6F2N4OS/c13-8-2-1-7(5-9(8)14)11-10(6-19)16-17-18(11)12-15-3-4-20-12/h1-6H. The lowest BCUT2D eigenvalue weighted by Crippen LogP contribution is -2.00. The van der Waals surface area contributed by atoms with Gasteiger partial charge in [0.25, 0.3) is 0 Å². The molecule has 8 heteroatoms. The van der Waals surface area contributed by atoms with Gasteiger partial charge in [0.2, 0.25) is 5.13 Å². The molecule has 0 atom stereocenters. The van der Waals surface area contributed by atoms with Crippen molar-refractivity contribution in [3.8, 4) is 16.4 Å². The average Bonchev–Trinajstić information content (AvgIpc) is 3.09. The van der Waals surface area contributed by atoms with Crippen molar-refractivity contribution in [2.45, 2.75) is 0 Å². The van der Waals surface area contributed by atoms with Gasteiger partial charge in [-0.3, -0.25) is 4.79 Å². The number of aldehydes is 1. The van der Waals surface area contributed by atoms with Crippen LogP contribution in [0.3, 0.4) is 0 Å². The van der Waals surface area contributed by atoms with Crippen LogP contribution in [0.25, 0.3) is 16.4 Å². The Balaban J connectivity index is 2.23. The number of hydrogen-bond donors (Lipinski definition) is 0. The quantitative estimate of drug-likeness (QED) is 0.696. The summed E-state index contributed by atoms with van der Waals surface area (Å²) in [5.41, 5.74) is 0.603. The fourth-order valence-electron chi connectivity index (χ4n) is 1.74. The van der Waals surface area contributed by atoms with E-state index in [-0.39, 0.29) is 11.4 Å². The number of halogens is 2. The lowest BCUT2D eigenvalue weighted by atomic mass is 10.1. The highest BCUT2D eigenvalue weighted by molar-refractivity contribution is 7.12. The van der Waals surface area contributed by atoms with Gasteiger partial charge in [0.1, 0.15) is 5.69 Å². The van der Waals surface area contributed by atoms with Crippen LogP contribution in [-0.2, 0) is 0 Å². The predicted molar refractivity (Wildman–Crippen MR) is 67.8 cm³/mol. The maximum absolute atomic E-state index is 13.4. The minimum Gasteiger partial charge on any atom is -0.296 e. The number of benzene rings is 1. The molecule has 0 saturated heterocycles. The van der Waals surface area contributed by atoms with Crippen molar-refractivity contribution in [1.29, 1.82) is 0 Å². The summed E-state index contributed by atoms with van der Waals surface area (Å²) in [7, 11) is 0. The zero-order valence-electron chi connectivity index (χ0n) is 9.83. The topological polar surface area (TPSA) is 60.7 Å². The van der Waals surface area contributed by atoms with Gasteiger partial charge in [-0.25, -0.2) is 13.8 Å². The molecule has 0 amide bonds. The number of thiazole rings is 1. The summed E-state index contributed by atoms with van der Waals surface area (Å²) in [6.45, 7) is 0. The Kier molecular flexibility index (Phi) is 3.07. The molecule has 0 N–H and O–H groups in total. The number of carbonyl (C=O) groups is 1. The molecular formula is C12H6F2N4OS. The fraction of sp³-hybridized carbons (Fsp3) is 0. The second-order valence-corrected chi connectivity index (χ2v) is 4.67. The first-order valence-corrected chi connectivity index (χ1v) is 6.35. The van der Waals surface area contributed by atoms with Crippen LogP contribution in [0.5, 0.6) is 0 Å². The Morgan fingerprint density at radius 2 is 2.10 bits per heavy atom. The first-order valence-electron chi connectivity index (χ1n) is 5.47. The van der Waals surface area contributed by atoms with Gasteiger partial charge in [-0.1, -0.05) is 5.21 Å². The van der Waals surface area contributed by atoms with Gasteiger partial charge < -0.3 is 0 Å². The summed E-state index contributed by atoms with van der Waals surface area (Å²) in [4.78, 5) is 15.1. The van der Waals surface area contributed by atoms with Crippen LogP contribution in [0.15, 0.2) is 29.8 Å². The molecule has 3 rings (SSSR count). The van der Waals surface area contributed by atoms with E-state index < -0.39 is 11.6 Å². The third-order valence-corrected chi connectivity index (χ3v) is 3.35. The van der Waals surface area contributed by atoms with E-state index >= 15 is 0 Å². The molecule has 0 saturated carbocycles. The maximum atomic E-state index is 13.4. The van der Waals surface area contributed by atoms with Crippen molar-refractivity contribution in [3.05, 3.63) is 47.1 Å². The third kappa shape index (κ3) is 1.99. The molecule has 1 aromatic carbocycles. The molecule has 0 aliphatic carbocycles. The minimum atomic E-state index is -1.01. The van der Waals surface area contributed by atoms with E-state index in [9.17, 15) is 13.6 Å². The van der Waals surface area contributed by atoms with Crippen LogP contribution in [0, 0.1) is 11.6 Å². The molecule has 0 bridgehead atoms. The van der Waals surface area contributed by atoms with Crippen LogP contribution in [0.1, 0.15) is 10.5 Å². The van der Waals surface area contributed by atoms with Crippen molar-refractivity contribution in [3.63, 3.8) is 0 Å². The van der Waals surface area contributed by atoms with Crippen molar-refractivity contribution in [1.82, 2.24) is 20.0 Å². The number of aromatic nitrogens is 4. The molecule has 2 heterocycles. The first-order chi connectivity index (χ1) is 9.70. The van der Waals surface area contributed by atoms with E-state index in [1.807, 2.05) is 0 Å². The maximum Gasteiger partial charge on any atom is 0.212 e. The van der Waals surface area contributed by atoms with Gasteiger partial charge in [0, 0.05) is 17.1 Å². The van der Waals surface area contributed by atoms with Gasteiger partial charge in [-0.05, 0) is 18.2 Å². The Morgan fingerprint density at radius 3 is 2.75 bits per heavy atom. The zero-order chi connectivity index (χ0) is 14.1. The number of nitrogens with zero attached hydrogens (tertiary/aromatic N) is 4. The summed E-state index contributed by atoms with van der Waals surface area (Å²) in [5.74, 6) is -1.97. The molecule has 20 heavy (non-hydrogen) atoms. The molecule has 2 aromatic heterocycles. The van der Waals surface area contributed by atoms with Gasteiger partial charge >= 0.3 is 0 Å². The molecule has 0 fully saturated rings. The van der Waals surface area contributed by atoms with E-state index in [1.165, 1.54) is 22.1 Å². The summed E-state index contributed by atoms with van der Waals surface area (Å²) >= 11 is 1.28. The van der Waals surface area contributed by atoms with Crippen LogP contribution < -0.4 is 0 Å². The highest BCUT2D eigenvalue weighted by Gasteiger charge is 2.18. The number of hydrogen-bond acceptors (Lipinski definition) is 5. The zero-order valence-corrected chi connectivity index (χ0v) is 10.6. The predicted octanol–water partition coefficient (Wildman–Crippen LogP) is 2.48. The smallest absolute Gasteiger partial charge is 0.212 e. The largest absolute Gasteiger partial charge is 0.296 e. The number of carbonyl (C=O) groups excluding carboxylic acids is 1. The SMILES string of the molecule is O=Cc1nnn(-c2nccs2)c1-c1ccc(F)c(F)c1. The first kappa shape index (κ1) is 12.5. The Bertz CT molecular complexity index is 770. The molecule has 0 radical (unpaired) electrons. The molecular weight excluding hydrogens is 286 g/mol. The Hall–Kier alpha value is -2.48. The highest BCUT2D eigenvalue weighted by Crippen LogP contribution is 2.26. The molecule has 5 nitrogen and oxygen atoms in total. The third-order valence-electron chi connectivity index (χ3n) is 2.60. The van der Waals surface area contributed by atoms with E-state index in [0.29, 0.717) is 17.0 Å². The second-order valence-electron chi connectivity index (χ2n) is 3.80. The lowest BCUT2D eigenvalue weighted by Gasteiger charge is -2.04. The van der Waals surface area contributed by atoms with Crippen molar-refractivity contribution < 1.29 is 13.6 Å². The summed E-state index contributed by atoms with van der Waals surface area (Å²) in [6.07, 6.45) is 2.07. The van der Waals surface area contributed by atoms with Gasteiger partial charge in [-0.2, -0.15) is 4.68 Å². The summed E-state index contributed by atoms with van der Waals surface area (Å²) in [6, 6.07) is 3.33. The minimum absolute atomic E-state index is 0.0335. The average molecular weight is 292 g/mol. The Labute approximate surface area is 115 Å². The van der Waals surface area contributed by atoms with Gasteiger partial charge in [0.05, 0.1) is 0 Å². The molecule has 100 valence electrons. The van der Waals surface area contributed by atoms with E-state index in [2.05, 4.69) is 15.3 Å². The number of rotatable bonds is 3. The summed E-state index contributed by atoms with van der Waals surface area (Å²) < 4.78 is 27.7. The van der Waals surface area contributed by atoms with Crippen molar-refractivity contribution in [2.75, 3.05) is 0 Å².